The van der Waals surface area contributed by atoms with Crippen molar-refractivity contribution in [3.63, 3.8) is 0 Å². The summed E-state index contributed by atoms with van der Waals surface area (Å²) in [6, 6.07) is 0.0644. The van der Waals surface area contributed by atoms with Crippen LogP contribution in [0.4, 0.5) is 0 Å². The molecule has 0 amide bonds. The van der Waals surface area contributed by atoms with Gasteiger partial charge in [-0.3, -0.25) is 0 Å². The molecule has 1 aliphatic heterocycles. The Morgan fingerprint density at radius 3 is 2.67 bits per heavy atom. The Bertz CT molecular complexity index is 330. The Kier molecular flexibility index (Phi) is 6.55. The minimum absolute atomic E-state index is 0.0726. The lowest BCUT2D eigenvalue weighted by Gasteiger charge is -2.27. The minimum atomic E-state index is -3.25. The highest BCUT2D eigenvalue weighted by atomic mass is 32.2. The molecule has 0 radical (unpaired) electrons. The number of aliphatic hydroxyl groups excluding tert-OH is 1. The second-order valence-electron chi connectivity index (χ2n) is 5.22. The standard InChI is InChI=1S/C12H26N2O3S/c1-11(2)13-7-9-18(16,17)14-8-5-3-4-6-12(14)10-15/h11-13,15H,3-10H2,1-2H3. The highest BCUT2D eigenvalue weighted by molar-refractivity contribution is 7.89. The summed E-state index contributed by atoms with van der Waals surface area (Å²) in [6.45, 7) is 4.94. The second-order valence-corrected chi connectivity index (χ2v) is 7.26. The first-order chi connectivity index (χ1) is 8.47. The van der Waals surface area contributed by atoms with Gasteiger partial charge in [-0.25, -0.2) is 8.42 Å². The molecule has 1 fully saturated rings. The van der Waals surface area contributed by atoms with Crippen molar-refractivity contribution in [2.45, 2.75) is 51.6 Å². The van der Waals surface area contributed by atoms with Gasteiger partial charge in [0.2, 0.25) is 10.0 Å². The van der Waals surface area contributed by atoms with Crippen molar-refractivity contribution >= 4 is 10.0 Å². The van der Waals surface area contributed by atoms with Crippen LogP contribution in [-0.2, 0) is 10.0 Å². The van der Waals surface area contributed by atoms with E-state index in [9.17, 15) is 13.5 Å². The van der Waals surface area contributed by atoms with E-state index in [-0.39, 0.29) is 24.4 Å². The highest BCUT2D eigenvalue weighted by Gasteiger charge is 2.30. The van der Waals surface area contributed by atoms with E-state index in [4.69, 9.17) is 0 Å². The van der Waals surface area contributed by atoms with Crippen LogP contribution in [0.15, 0.2) is 0 Å². The Morgan fingerprint density at radius 2 is 2.06 bits per heavy atom. The van der Waals surface area contributed by atoms with Gasteiger partial charge in [0, 0.05) is 25.2 Å². The first kappa shape index (κ1) is 15.9. The summed E-state index contributed by atoms with van der Waals surface area (Å²) in [4.78, 5) is 0. The van der Waals surface area contributed by atoms with Gasteiger partial charge in [0.15, 0.2) is 0 Å². The molecule has 2 N–H and O–H groups in total. The molecule has 1 atom stereocenters. The summed E-state index contributed by atoms with van der Waals surface area (Å²) in [5.74, 6) is 0.113. The fraction of sp³-hybridized carbons (Fsp3) is 1.00. The van der Waals surface area contributed by atoms with E-state index in [2.05, 4.69) is 5.32 Å². The normalized spacial score (nSPS) is 23.2. The molecule has 0 aromatic carbocycles. The molecule has 18 heavy (non-hydrogen) atoms. The average Bonchev–Trinajstić information content (AvgIpc) is 2.53. The third-order valence-electron chi connectivity index (χ3n) is 3.30. The molecule has 0 aromatic heterocycles. The van der Waals surface area contributed by atoms with Crippen LogP contribution in [-0.4, -0.2) is 55.4 Å². The third kappa shape index (κ3) is 4.84. The van der Waals surface area contributed by atoms with E-state index in [1.807, 2.05) is 13.8 Å². The molecular weight excluding hydrogens is 252 g/mol. The monoisotopic (exact) mass is 278 g/mol. The first-order valence-corrected chi connectivity index (χ1v) is 8.42. The Labute approximate surface area is 111 Å². The number of rotatable bonds is 6. The maximum absolute atomic E-state index is 12.3. The van der Waals surface area contributed by atoms with Gasteiger partial charge < -0.3 is 10.4 Å². The van der Waals surface area contributed by atoms with Crippen LogP contribution in [0, 0.1) is 0 Å². The number of hydrogen-bond donors (Lipinski definition) is 2. The molecule has 1 aliphatic rings. The largest absolute Gasteiger partial charge is 0.395 e. The minimum Gasteiger partial charge on any atom is -0.395 e. The Morgan fingerprint density at radius 1 is 1.33 bits per heavy atom. The highest BCUT2D eigenvalue weighted by Crippen LogP contribution is 2.19. The zero-order valence-corrected chi connectivity index (χ0v) is 12.2. The quantitative estimate of drug-likeness (QED) is 0.744. The molecule has 6 heteroatoms. The lowest BCUT2D eigenvalue weighted by Crippen LogP contribution is -2.45. The van der Waals surface area contributed by atoms with Gasteiger partial charge in [0.05, 0.1) is 12.4 Å². The zero-order valence-electron chi connectivity index (χ0n) is 11.4. The summed E-state index contributed by atoms with van der Waals surface area (Å²) < 4.78 is 26.0. The summed E-state index contributed by atoms with van der Waals surface area (Å²) in [5.41, 5.74) is 0. The van der Waals surface area contributed by atoms with Crippen LogP contribution in [0.1, 0.15) is 39.5 Å². The molecule has 1 unspecified atom stereocenters. The van der Waals surface area contributed by atoms with Crippen molar-refractivity contribution in [2.24, 2.45) is 0 Å². The van der Waals surface area contributed by atoms with Crippen molar-refractivity contribution in [1.29, 1.82) is 0 Å². The number of hydrogen-bond acceptors (Lipinski definition) is 4. The van der Waals surface area contributed by atoms with Crippen molar-refractivity contribution in [3.8, 4) is 0 Å². The second kappa shape index (κ2) is 7.43. The smallest absolute Gasteiger partial charge is 0.215 e. The lowest BCUT2D eigenvalue weighted by atomic mass is 10.1. The maximum Gasteiger partial charge on any atom is 0.215 e. The maximum atomic E-state index is 12.3. The fourth-order valence-electron chi connectivity index (χ4n) is 2.29. The van der Waals surface area contributed by atoms with Gasteiger partial charge >= 0.3 is 0 Å². The molecule has 1 heterocycles. The van der Waals surface area contributed by atoms with Gasteiger partial charge in [-0.05, 0) is 12.8 Å². The average molecular weight is 278 g/mol. The molecule has 0 aliphatic carbocycles. The van der Waals surface area contributed by atoms with Crippen molar-refractivity contribution in [3.05, 3.63) is 0 Å². The summed E-state index contributed by atoms with van der Waals surface area (Å²) in [5, 5.41) is 12.5. The number of nitrogens with zero attached hydrogens (tertiary/aromatic N) is 1. The van der Waals surface area contributed by atoms with E-state index in [1.165, 1.54) is 4.31 Å². The zero-order chi connectivity index (χ0) is 13.6. The molecular formula is C12H26N2O3S. The number of aliphatic hydroxyl groups is 1. The van der Waals surface area contributed by atoms with E-state index in [1.54, 1.807) is 0 Å². The SMILES string of the molecule is CC(C)NCCS(=O)(=O)N1CCCCCC1CO. The van der Waals surface area contributed by atoms with E-state index in [0.29, 0.717) is 13.1 Å². The Balaban J connectivity index is 2.62. The van der Waals surface area contributed by atoms with Gasteiger partial charge in [-0.1, -0.05) is 26.7 Å². The van der Waals surface area contributed by atoms with Crippen LogP contribution in [0.25, 0.3) is 0 Å². The molecule has 1 saturated heterocycles. The van der Waals surface area contributed by atoms with Crippen molar-refractivity contribution in [1.82, 2.24) is 9.62 Å². The molecule has 0 bridgehead atoms. The van der Waals surface area contributed by atoms with Gasteiger partial charge in [-0.2, -0.15) is 4.31 Å². The molecule has 1 rings (SSSR count). The van der Waals surface area contributed by atoms with Crippen molar-refractivity contribution < 1.29 is 13.5 Å². The lowest BCUT2D eigenvalue weighted by molar-refractivity contribution is 0.186. The molecule has 108 valence electrons. The first-order valence-electron chi connectivity index (χ1n) is 6.81. The fourth-order valence-corrected chi connectivity index (χ4v) is 3.94. The van der Waals surface area contributed by atoms with Gasteiger partial charge in [0.25, 0.3) is 0 Å². The molecule has 5 nitrogen and oxygen atoms in total. The van der Waals surface area contributed by atoms with Gasteiger partial charge in [0.1, 0.15) is 0 Å². The Hall–Kier alpha value is -0.170. The molecule has 0 spiro atoms. The van der Waals surface area contributed by atoms with Gasteiger partial charge in [-0.15, -0.1) is 0 Å². The van der Waals surface area contributed by atoms with Crippen LogP contribution in [0.2, 0.25) is 0 Å². The third-order valence-corrected chi connectivity index (χ3v) is 5.22. The predicted molar refractivity (Wildman–Crippen MR) is 73.0 cm³/mol. The summed E-state index contributed by atoms with van der Waals surface area (Å²) >= 11 is 0. The number of sulfonamides is 1. The van der Waals surface area contributed by atoms with Crippen LogP contribution in [0.5, 0.6) is 0 Å². The summed E-state index contributed by atoms with van der Waals surface area (Å²) in [7, 11) is -3.25. The molecule has 0 aromatic rings. The van der Waals surface area contributed by atoms with E-state index < -0.39 is 10.0 Å². The number of nitrogens with one attached hydrogen (secondary N) is 1. The molecule has 0 saturated carbocycles. The van der Waals surface area contributed by atoms with Crippen LogP contribution < -0.4 is 5.32 Å². The van der Waals surface area contributed by atoms with E-state index in [0.717, 1.165) is 25.7 Å². The van der Waals surface area contributed by atoms with Crippen molar-refractivity contribution in [2.75, 3.05) is 25.4 Å². The summed E-state index contributed by atoms with van der Waals surface area (Å²) in [6.07, 6.45) is 3.72. The van der Waals surface area contributed by atoms with E-state index >= 15 is 0 Å². The van der Waals surface area contributed by atoms with Crippen LogP contribution >= 0.6 is 0 Å². The van der Waals surface area contributed by atoms with Crippen LogP contribution in [0.3, 0.4) is 0 Å². The predicted octanol–water partition coefficient (Wildman–Crippen LogP) is 0.551. The topological polar surface area (TPSA) is 69.6 Å².